The molecule has 16 rings (SSSR count). The minimum absolute atomic E-state index is 0. The van der Waals surface area contributed by atoms with Crippen LogP contribution in [0.2, 0.25) is 0 Å². The van der Waals surface area contributed by atoms with Gasteiger partial charge in [-0.1, -0.05) is 132 Å². The van der Waals surface area contributed by atoms with E-state index in [1.165, 1.54) is 24.0 Å². The van der Waals surface area contributed by atoms with Crippen LogP contribution in [0.5, 0.6) is 0 Å². The monoisotopic (exact) mass is 2020 g/mol. The number of quaternary nitrogens is 1. The molecule has 132 heavy (non-hydrogen) atoms. The first-order valence-electron chi connectivity index (χ1n) is 40.3. The summed E-state index contributed by atoms with van der Waals surface area (Å²) in [6.07, 6.45) is 21.3. The SMILES string of the molecule is C.C.C.C.C.C.C.C.C.C.CC(C)(C#N)c1c[nH]c2ncccc12.CC(C)(CN)c1c[nH]c2ncccc12.CC(C)OC(=O)C(=O)CBr.CC(C)OC(=O)C1=CN(C(=O)N2CC[N+](C)(C)CC2)CC(C)(C)c2c1[nH]c1ncccc21.CC(C)OC(=O)C1=CNCC(C)(C)c2c1[nH]c1ncccc21.CN1CCNCC1.Cl.N#CCc1c[nH]c2ncccc12.[I-].c1cnc2[nH]ccc2c1. The number of aromatic amines is 6. The second-order valence-electron chi connectivity index (χ2n) is 33.5. The quantitative estimate of drug-likeness (QED) is 0.0145. The summed E-state index contributed by atoms with van der Waals surface area (Å²) < 4.78 is 16.4. The molecule has 2 saturated heterocycles. The lowest BCUT2D eigenvalue weighted by molar-refractivity contribution is -0.894. The summed E-state index contributed by atoms with van der Waals surface area (Å²) in [5.74, 6) is -2.09. The summed E-state index contributed by atoms with van der Waals surface area (Å²) >= 11 is 2.85. The van der Waals surface area contributed by atoms with E-state index in [1.54, 1.807) is 68.3 Å². The van der Waals surface area contributed by atoms with E-state index in [-0.39, 0.29) is 157 Å². The van der Waals surface area contributed by atoms with Crippen LogP contribution < -0.4 is 40.3 Å². The van der Waals surface area contributed by atoms with E-state index in [1.807, 2.05) is 144 Å². The van der Waals surface area contributed by atoms with Crippen molar-refractivity contribution in [3.63, 3.8) is 0 Å². The standard InChI is InChI=1S/C24H34N5O3.C17H21N3O2.C11H15N3.C11H11N3.C9H7N3.C7H6N2.C6H9BrO3.C5H12N2.10CH4.ClH.HI/c1-16(2)32-22(30)18-14-28(23(31)27-10-12-29(5,6)13-11-27)15-24(3,4)19-17-8-7-9-25-21(17)26-20(18)19;1-10(2)22-16(21)12-8-18-9-17(3,4)13-11-6-5-7-19-15(11)20-14(12)13;2*1-11(2,7-12)9-6-14-10-8(9)4-3-5-13-10;10-4-3-7-6-12-9-8(7)2-1-5-11-9;1-2-6-3-5-9-7(6)8-4-1;1-4(2)10-6(9)5(8)3-7;1-7-4-2-6-3-5-7;;;;;;;;;;;;/h7-9,14,16H,10-13,15H2,1-6H3,(H,25,26);5-8,10,18H,9H2,1-4H3,(H,19,20);3-6H,7,12H2,1-2H3,(H,13,14);3-6H,1-2H3,(H,13,14);1-2,5-6H,3H2,(H,11,12);1-5H,(H,8,9);4H,3H2,1-2H3;6H,2-5H2,1H3;10*1H4;2*1H/q+1;;;;;;;;;;;;;;;;;;;/p-1. The lowest BCUT2D eigenvalue weighted by Gasteiger charge is -2.41. The molecule has 0 aromatic carbocycles. The number of likely N-dealkylation sites (N-methyl/N-ethyl adjacent to an activating group) is 2. The van der Waals surface area contributed by atoms with E-state index < -0.39 is 28.6 Å². The summed E-state index contributed by atoms with van der Waals surface area (Å²) in [4.78, 5) is 111. The Hall–Kier alpha value is -10.9. The fourth-order valence-corrected chi connectivity index (χ4v) is 14.2. The number of alkyl halides is 1. The van der Waals surface area contributed by atoms with Gasteiger partial charge in [-0.15, -0.1) is 12.4 Å². The fraction of sp³-hybridized carbons (Fsp3) is 0.470. The molecule has 0 saturated carbocycles. The Kier molecular flexibility index (Phi) is 55.5. The molecule has 730 valence electrons. The zero-order chi connectivity index (χ0) is 87.3. The number of nitrogens with one attached hydrogen (secondary N) is 8. The van der Waals surface area contributed by atoms with E-state index in [0.717, 1.165) is 126 Å². The molecule has 2 amide bonds. The summed E-state index contributed by atoms with van der Waals surface area (Å²) in [6, 6.07) is 29.9. The molecule has 4 aliphatic rings. The average Bonchev–Trinajstić information content (AvgIpc) is 1.59. The van der Waals surface area contributed by atoms with Gasteiger partial charge in [-0.05, 0) is 169 Å². The zero-order valence-electron chi connectivity index (χ0n) is 72.7. The van der Waals surface area contributed by atoms with Crippen LogP contribution in [0, 0.1) is 22.7 Å². The molecule has 16 heterocycles. The Bertz CT molecular complexity index is 5620. The molecular formula is C100H156BrClIN21O8. The lowest BCUT2D eigenvalue weighted by atomic mass is 9.82. The van der Waals surface area contributed by atoms with Gasteiger partial charge in [0.1, 0.15) is 33.9 Å². The molecule has 10 N–H and O–H groups in total. The molecule has 0 bridgehead atoms. The van der Waals surface area contributed by atoms with Crippen LogP contribution in [0.1, 0.15) is 210 Å². The first-order chi connectivity index (χ1) is 57.0. The number of pyridine rings is 6. The van der Waals surface area contributed by atoms with Crippen molar-refractivity contribution in [2.24, 2.45) is 5.73 Å². The maximum atomic E-state index is 13.6. The minimum Gasteiger partial charge on any atom is -1.00 e. The topological polar surface area (TPSA) is 392 Å². The van der Waals surface area contributed by atoms with Crippen LogP contribution in [-0.4, -0.2) is 225 Å². The summed E-state index contributed by atoms with van der Waals surface area (Å²) in [5.41, 5.74) is 17.6. The minimum atomic E-state index is -0.771. The highest BCUT2D eigenvalue weighted by atomic mass is 127. The van der Waals surface area contributed by atoms with Crippen LogP contribution >= 0.6 is 28.3 Å². The molecule has 29 nitrogen and oxygen atoms in total. The second kappa shape index (κ2) is 57.5. The number of halogens is 3. The molecule has 12 aromatic heterocycles. The first-order valence-corrected chi connectivity index (χ1v) is 41.4. The number of fused-ring (bicyclic) bond motifs is 10. The van der Waals surface area contributed by atoms with Gasteiger partial charge in [0.15, 0.2) is 0 Å². The van der Waals surface area contributed by atoms with Crippen molar-refractivity contribution >= 4 is 135 Å². The number of ketones is 1. The Morgan fingerprint density at radius 2 is 0.985 bits per heavy atom. The number of aromatic nitrogens is 12. The van der Waals surface area contributed by atoms with E-state index >= 15 is 0 Å². The summed E-state index contributed by atoms with van der Waals surface area (Å²) in [7, 11) is 6.52. The van der Waals surface area contributed by atoms with Gasteiger partial charge in [-0.25, -0.2) is 49.1 Å². The Morgan fingerprint density at radius 1 is 0.561 bits per heavy atom. The molecule has 0 radical (unpaired) electrons. The van der Waals surface area contributed by atoms with Gasteiger partial charge in [-0.2, -0.15) is 10.5 Å². The van der Waals surface area contributed by atoms with Gasteiger partial charge in [0.25, 0.3) is 5.78 Å². The van der Waals surface area contributed by atoms with Crippen LogP contribution in [0.15, 0.2) is 153 Å². The number of hydrogen-bond acceptors (Lipinski definition) is 20. The molecule has 2 fully saturated rings. The molecule has 0 aliphatic carbocycles. The maximum Gasteiger partial charge on any atom is 0.375 e. The predicted molar refractivity (Wildman–Crippen MR) is 550 cm³/mol. The highest BCUT2D eigenvalue weighted by molar-refractivity contribution is 9.09. The van der Waals surface area contributed by atoms with E-state index in [2.05, 4.69) is 177 Å². The number of piperazine rings is 2. The molecule has 0 unspecified atom stereocenters. The highest BCUT2D eigenvalue weighted by Gasteiger charge is 2.41. The zero-order valence-corrected chi connectivity index (χ0v) is 77.3. The van der Waals surface area contributed by atoms with Gasteiger partial charge in [0.2, 0.25) is 0 Å². The lowest BCUT2D eigenvalue weighted by Crippen LogP contribution is -3.00. The summed E-state index contributed by atoms with van der Waals surface area (Å²) in [6.45, 7) is 37.1. The van der Waals surface area contributed by atoms with Crippen LogP contribution in [0.3, 0.4) is 0 Å². The van der Waals surface area contributed by atoms with Crippen molar-refractivity contribution in [3.8, 4) is 12.1 Å². The third kappa shape index (κ3) is 33.4. The molecular weight excluding hydrogens is 1870 g/mol. The van der Waals surface area contributed by atoms with E-state index in [0.29, 0.717) is 49.4 Å². The number of nitrogens with zero attached hydrogens (tertiary/aromatic N) is 12. The second-order valence-corrected chi connectivity index (χ2v) is 34.1. The number of nitrogens with two attached hydrogens (primary N) is 1. The largest absolute Gasteiger partial charge is 1.00 e. The highest BCUT2D eigenvalue weighted by Crippen LogP contribution is 2.42. The first kappa shape index (κ1) is 127. The number of carbonyl (C=O) groups is 5. The van der Waals surface area contributed by atoms with E-state index in [9.17, 15) is 24.0 Å². The molecule has 0 spiro atoms. The predicted octanol–water partition coefficient (Wildman–Crippen LogP) is 17.3. The van der Waals surface area contributed by atoms with Crippen LogP contribution in [-0.2, 0) is 61.5 Å². The number of carbonyl (C=O) groups excluding carboxylic acids is 5. The van der Waals surface area contributed by atoms with Crippen molar-refractivity contribution < 1.29 is 66.6 Å². The number of amides is 2. The third-order valence-electron chi connectivity index (χ3n) is 20.5. The maximum absolute atomic E-state index is 13.6. The molecule has 0 atom stereocenters. The summed E-state index contributed by atoms with van der Waals surface area (Å²) in [5, 5.41) is 30.5. The van der Waals surface area contributed by atoms with Crippen molar-refractivity contribution in [1.82, 2.24) is 85.1 Å². The van der Waals surface area contributed by atoms with Crippen LogP contribution in [0.25, 0.3) is 77.3 Å². The van der Waals surface area contributed by atoms with Crippen LogP contribution in [0.4, 0.5) is 4.79 Å². The Labute approximate surface area is 818 Å². The van der Waals surface area contributed by atoms with Crippen molar-refractivity contribution in [2.45, 2.75) is 218 Å². The van der Waals surface area contributed by atoms with Gasteiger partial charge in [-0.3, -0.25) is 9.69 Å². The fourth-order valence-electron chi connectivity index (χ4n) is 14.0. The average molecular weight is 2020 g/mol. The van der Waals surface area contributed by atoms with Gasteiger partial charge in [0, 0.05) is 169 Å². The number of esters is 3. The van der Waals surface area contributed by atoms with E-state index in [4.69, 9.17) is 25.7 Å². The van der Waals surface area contributed by atoms with Gasteiger partial charge >= 0.3 is 23.9 Å². The number of H-pyrrole nitrogens is 6. The number of urea groups is 1. The number of rotatable bonds is 11. The smallest absolute Gasteiger partial charge is 0.375 e. The molecule has 4 aliphatic heterocycles. The number of nitriles is 2. The van der Waals surface area contributed by atoms with Crippen molar-refractivity contribution in [2.75, 3.05) is 98.5 Å². The van der Waals surface area contributed by atoms with Crippen molar-refractivity contribution in [1.29, 1.82) is 10.5 Å². The Balaban J connectivity index is -0.000000731. The van der Waals surface area contributed by atoms with Gasteiger partial charge < -0.3 is 98.7 Å². The third-order valence-corrected chi connectivity index (χ3v) is 21.0. The van der Waals surface area contributed by atoms with Gasteiger partial charge in [0.05, 0.1) is 110 Å². The normalized spacial score (nSPS) is 13.8. The number of hydrogen-bond donors (Lipinski definition) is 9. The van der Waals surface area contributed by atoms with Crippen molar-refractivity contribution in [3.05, 3.63) is 192 Å². The number of Topliss-reactive ketones (excluding diaryl/α,β-unsaturated/α-hetero) is 1. The number of ether oxygens (including phenoxy) is 3. The molecule has 12 aromatic rings. The molecule has 32 heteroatoms. The Morgan fingerprint density at radius 3 is 1.44 bits per heavy atom.